The highest BCUT2D eigenvalue weighted by Gasteiger charge is 2.52. The molecular weight excluding hydrogens is 279 g/mol. The number of rotatable bonds is 3. The van der Waals surface area contributed by atoms with Gasteiger partial charge in [-0.05, 0) is 49.4 Å². The summed E-state index contributed by atoms with van der Waals surface area (Å²) in [6.07, 6.45) is 9.46. The lowest BCUT2D eigenvalue weighted by Gasteiger charge is -2.25. The predicted octanol–water partition coefficient (Wildman–Crippen LogP) is 3.79. The van der Waals surface area contributed by atoms with Gasteiger partial charge in [0.2, 0.25) is 5.91 Å². The highest BCUT2D eigenvalue weighted by atomic mass is 19.1. The maximum atomic E-state index is 13.6. The maximum absolute atomic E-state index is 13.6. The fourth-order valence-electron chi connectivity index (χ4n) is 3.80. The van der Waals surface area contributed by atoms with E-state index in [0.717, 1.165) is 42.1 Å². The second-order valence-corrected chi connectivity index (χ2v) is 6.78. The van der Waals surface area contributed by atoms with E-state index in [1.807, 2.05) is 6.20 Å². The zero-order valence-electron chi connectivity index (χ0n) is 12.6. The lowest BCUT2D eigenvalue weighted by molar-refractivity contribution is -0.124. The summed E-state index contributed by atoms with van der Waals surface area (Å²) in [5.74, 6) is -0.124. The molecule has 4 rings (SSSR count). The minimum absolute atomic E-state index is 0.129. The first-order chi connectivity index (χ1) is 10.7. The first-order valence-electron chi connectivity index (χ1n) is 8.27. The molecule has 0 bridgehead atoms. The fraction of sp³-hybridized carbons (Fsp3) is 0.500. The molecule has 0 spiro atoms. The standard InChI is InChI=1S/C18H21FN2O/c19-12-6-7-16-14(10-12)15(11-20-16)18(8-9-18)17(22)21-13-4-2-1-3-5-13/h6-7,10-11,13,20H,1-5,8-9H2,(H,21,22). The van der Waals surface area contributed by atoms with Crippen LogP contribution in [0.2, 0.25) is 0 Å². The van der Waals surface area contributed by atoms with Gasteiger partial charge in [-0.25, -0.2) is 4.39 Å². The van der Waals surface area contributed by atoms with Gasteiger partial charge in [-0.1, -0.05) is 19.3 Å². The van der Waals surface area contributed by atoms with Gasteiger partial charge in [0.05, 0.1) is 5.41 Å². The molecule has 2 fully saturated rings. The van der Waals surface area contributed by atoms with Gasteiger partial charge in [-0.2, -0.15) is 0 Å². The molecule has 3 nitrogen and oxygen atoms in total. The van der Waals surface area contributed by atoms with Crippen LogP contribution in [0.25, 0.3) is 10.9 Å². The van der Waals surface area contributed by atoms with Crippen molar-refractivity contribution < 1.29 is 9.18 Å². The van der Waals surface area contributed by atoms with Gasteiger partial charge in [-0.3, -0.25) is 4.79 Å². The van der Waals surface area contributed by atoms with Crippen molar-refractivity contribution >= 4 is 16.8 Å². The quantitative estimate of drug-likeness (QED) is 0.890. The molecule has 116 valence electrons. The Labute approximate surface area is 129 Å². The Bertz CT molecular complexity index is 711. The van der Waals surface area contributed by atoms with E-state index in [-0.39, 0.29) is 11.7 Å². The van der Waals surface area contributed by atoms with Crippen LogP contribution in [-0.2, 0) is 10.2 Å². The van der Waals surface area contributed by atoms with Crippen molar-refractivity contribution in [2.45, 2.75) is 56.4 Å². The van der Waals surface area contributed by atoms with Crippen LogP contribution in [0.1, 0.15) is 50.5 Å². The molecule has 1 aromatic carbocycles. The van der Waals surface area contributed by atoms with Gasteiger partial charge >= 0.3 is 0 Å². The van der Waals surface area contributed by atoms with E-state index < -0.39 is 5.41 Å². The van der Waals surface area contributed by atoms with E-state index in [2.05, 4.69) is 10.3 Å². The summed E-state index contributed by atoms with van der Waals surface area (Å²) < 4.78 is 13.6. The molecular formula is C18H21FN2O. The second-order valence-electron chi connectivity index (χ2n) is 6.78. The fourth-order valence-corrected chi connectivity index (χ4v) is 3.80. The summed E-state index contributed by atoms with van der Waals surface area (Å²) in [6, 6.07) is 5.04. The van der Waals surface area contributed by atoms with E-state index in [1.165, 1.54) is 31.4 Å². The molecule has 0 saturated heterocycles. The van der Waals surface area contributed by atoms with Crippen molar-refractivity contribution in [1.82, 2.24) is 10.3 Å². The van der Waals surface area contributed by atoms with Crippen molar-refractivity contribution in [1.29, 1.82) is 0 Å². The molecule has 22 heavy (non-hydrogen) atoms. The van der Waals surface area contributed by atoms with Gasteiger partial charge in [0.15, 0.2) is 0 Å². The summed E-state index contributed by atoms with van der Waals surface area (Å²) >= 11 is 0. The number of aromatic nitrogens is 1. The minimum Gasteiger partial charge on any atom is -0.361 e. The SMILES string of the molecule is O=C(NC1CCCCC1)C1(c2c[nH]c3ccc(F)cc23)CC1. The Balaban J connectivity index is 1.62. The molecule has 2 N–H and O–H groups in total. The molecule has 4 heteroatoms. The van der Waals surface area contributed by atoms with Crippen LogP contribution < -0.4 is 5.32 Å². The average molecular weight is 300 g/mol. The number of halogens is 1. The average Bonchev–Trinajstić information content (AvgIpc) is 3.23. The zero-order valence-corrected chi connectivity index (χ0v) is 12.6. The molecule has 2 aromatic rings. The molecule has 0 radical (unpaired) electrons. The Morgan fingerprint density at radius 2 is 2.00 bits per heavy atom. The van der Waals surface area contributed by atoms with Crippen LogP contribution in [0.3, 0.4) is 0 Å². The number of hydrogen-bond donors (Lipinski definition) is 2. The smallest absolute Gasteiger partial charge is 0.230 e. The Kier molecular flexibility index (Phi) is 3.21. The molecule has 0 unspecified atom stereocenters. The number of fused-ring (bicyclic) bond motifs is 1. The maximum Gasteiger partial charge on any atom is 0.230 e. The summed E-state index contributed by atoms with van der Waals surface area (Å²) in [7, 11) is 0. The van der Waals surface area contributed by atoms with Crippen LogP contribution in [0.4, 0.5) is 4.39 Å². The largest absolute Gasteiger partial charge is 0.361 e. The molecule has 2 aliphatic rings. The Hall–Kier alpha value is -1.84. The molecule has 0 atom stereocenters. The molecule has 2 aliphatic carbocycles. The van der Waals surface area contributed by atoms with Gasteiger partial charge in [0.25, 0.3) is 0 Å². The first kappa shape index (κ1) is 13.8. The van der Waals surface area contributed by atoms with Gasteiger partial charge < -0.3 is 10.3 Å². The van der Waals surface area contributed by atoms with Gasteiger partial charge in [0, 0.05) is 23.1 Å². The number of carbonyl (C=O) groups excluding carboxylic acids is 1. The molecule has 2 saturated carbocycles. The van der Waals surface area contributed by atoms with Crippen LogP contribution >= 0.6 is 0 Å². The highest BCUT2D eigenvalue weighted by Crippen LogP contribution is 2.51. The number of carbonyl (C=O) groups is 1. The summed E-state index contributed by atoms with van der Waals surface area (Å²) in [5.41, 5.74) is 1.41. The molecule has 1 amide bonds. The van der Waals surface area contributed by atoms with Crippen LogP contribution in [0.5, 0.6) is 0 Å². The normalized spacial score (nSPS) is 21.0. The topological polar surface area (TPSA) is 44.9 Å². The number of benzene rings is 1. The van der Waals surface area contributed by atoms with Crippen molar-refractivity contribution in [3.05, 3.63) is 35.8 Å². The van der Waals surface area contributed by atoms with Crippen molar-refractivity contribution in [2.24, 2.45) is 0 Å². The lowest BCUT2D eigenvalue weighted by atomic mass is 9.91. The van der Waals surface area contributed by atoms with Crippen molar-refractivity contribution in [3.8, 4) is 0 Å². The zero-order chi connectivity index (χ0) is 15.2. The lowest BCUT2D eigenvalue weighted by Crippen LogP contribution is -2.42. The number of aromatic amines is 1. The Morgan fingerprint density at radius 3 is 2.73 bits per heavy atom. The molecule has 0 aliphatic heterocycles. The van der Waals surface area contributed by atoms with E-state index in [0.29, 0.717) is 6.04 Å². The van der Waals surface area contributed by atoms with E-state index in [1.54, 1.807) is 6.07 Å². The first-order valence-corrected chi connectivity index (χ1v) is 8.27. The van der Waals surface area contributed by atoms with Crippen LogP contribution in [-0.4, -0.2) is 16.9 Å². The minimum atomic E-state index is -0.441. The van der Waals surface area contributed by atoms with Crippen molar-refractivity contribution in [3.63, 3.8) is 0 Å². The Morgan fingerprint density at radius 1 is 1.23 bits per heavy atom. The van der Waals surface area contributed by atoms with E-state index in [4.69, 9.17) is 0 Å². The highest BCUT2D eigenvalue weighted by molar-refractivity contribution is 5.97. The van der Waals surface area contributed by atoms with E-state index >= 15 is 0 Å². The monoisotopic (exact) mass is 300 g/mol. The van der Waals surface area contributed by atoms with Gasteiger partial charge in [-0.15, -0.1) is 0 Å². The number of H-pyrrole nitrogens is 1. The second kappa shape index (κ2) is 5.11. The number of amides is 1. The summed E-state index contributed by atoms with van der Waals surface area (Å²) in [4.78, 5) is 16.0. The van der Waals surface area contributed by atoms with Crippen LogP contribution in [0.15, 0.2) is 24.4 Å². The molecule has 1 heterocycles. The summed E-state index contributed by atoms with van der Waals surface area (Å²) in [6.45, 7) is 0. The third-order valence-corrected chi connectivity index (χ3v) is 5.28. The predicted molar refractivity (Wildman–Crippen MR) is 84.2 cm³/mol. The molecule has 1 aromatic heterocycles. The summed E-state index contributed by atoms with van der Waals surface area (Å²) in [5, 5.41) is 4.09. The van der Waals surface area contributed by atoms with Gasteiger partial charge in [0.1, 0.15) is 5.82 Å². The number of nitrogens with one attached hydrogen (secondary N) is 2. The van der Waals surface area contributed by atoms with E-state index in [9.17, 15) is 9.18 Å². The third kappa shape index (κ3) is 2.21. The van der Waals surface area contributed by atoms with Crippen LogP contribution in [0, 0.1) is 5.82 Å². The third-order valence-electron chi connectivity index (χ3n) is 5.28. The number of hydrogen-bond acceptors (Lipinski definition) is 1. The van der Waals surface area contributed by atoms with Crippen molar-refractivity contribution in [2.75, 3.05) is 0 Å².